The van der Waals surface area contributed by atoms with Crippen molar-refractivity contribution < 1.29 is 31.8 Å². The Labute approximate surface area is 150 Å². The highest BCUT2D eigenvalue weighted by molar-refractivity contribution is 6.63. The number of halogens is 6. The molecule has 0 saturated heterocycles. The Morgan fingerprint density at radius 3 is 2.40 bits per heavy atom. The lowest BCUT2D eigenvalue weighted by molar-refractivity contribution is -0.137. The molecule has 0 bridgehead atoms. The summed E-state index contributed by atoms with van der Waals surface area (Å²) < 4.78 is 62.3. The number of carbonyl (C=O) groups is 1. The Morgan fingerprint density at radius 2 is 1.80 bits per heavy atom. The summed E-state index contributed by atoms with van der Waals surface area (Å²) in [6.07, 6.45) is -4.73. The molecule has 0 radical (unpaired) electrons. The second kappa shape index (κ2) is 7.93. The third kappa shape index (κ3) is 5.51. The fourth-order valence-corrected chi connectivity index (χ4v) is 2.14. The first kappa shape index (κ1) is 19.3. The summed E-state index contributed by atoms with van der Waals surface area (Å²) in [5, 5.41) is -1.09. The number of hydrogen-bond donors (Lipinski definition) is 0. The van der Waals surface area contributed by atoms with Gasteiger partial charge in [0, 0.05) is 6.07 Å². The van der Waals surface area contributed by atoms with Crippen LogP contribution in [0.25, 0.3) is 0 Å². The van der Waals surface area contributed by atoms with E-state index in [1.807, 2.05) is 0 Å². The molecule has 25 heavy (non-hydrogen) atoms. The average Bonchev–Trinajstić information content (AvgIpc) is 2.50. The molecule has 3 nitrogen and oxygen atoms in total. The maximum absolute atomic E-state index is 13.9. The molecule has 0 unspecified atom stereocenters. The van der Waals surface area contributed by atoms with E-state index in [0.29, 0.717) is 17.9 Å². The van der Waals surface area contributed by atoms with Crippen molar-refractivity contribution in [2.75, 3.05) is 6.61 Å². The lowest BCUT2D eigenvalue weighted by Gasteiger charge is -2.13. The van der Waals surface area contributed by atoms with Gasteiger partial charge in [-0.15, -0.1) is 0 Å². The standard InChI is InChI=1S/C16H10Cl2F4O3/c17-12-6-9(16(20,21)22)7-13(19)15(12)25-11-3-1-2-10(8-11)24-5-4-14(18)23/h1-3,6-8H,4-5H2. The second-order valence-electron chi connectivity index (χ2n) is 4.80. The molecule has 0 aliphatic heterocycles. The van der Waals surface area contributed by atoms with Crippen LogP contribution >= 0.6 is 23.2 Å². The first-order valence-electron chi connectivity index (χ1n) is 6.82. The molecule has 0 N–H and O–H groups in total. The highest BCUT2D eigenvalue weighted by Crippen LogP contribution is 2.39. The first-order chi connectivity index (χ1) is 11.7. The molecule has 0 atom stereocenters. The van der Waals surface area contributed by atoms with E-state index >= 15 is 0 Å². The fourth-order valence-electron chi connectivity index (χ4n) is 1.82. The molecule has 0 aliphatic carbocycles. The van der Waals surface area contributed by atoms with E-state index in [-0.39, 0.29) is 18.8 Å². The third-order valence-electron chi connectivity index (χ3n) is 2.92. The summed E-state index contributed by atoms with van der Waals surface area (Å²) in [5.41, 5.74) is -1.22. The summed E-state index contributed by atoms with van der Waals surface area (Å²) in [6, 6.07) is 6.75. The Morgan fingerprint density at radius 1 is 1.12 bits per heavy atom. The molecule has 0 fully saturated rings. The largest absolute Gasteiger partial charge is 0.493 e. The van der Waals surface area contributed by atoms with Gasteiger partial charge in [0.25, 0.3) is 0 Å². The lowest BCUT2D eigenvalue weighted by atomic mass is 10.2. The van der Waals surface area contributed by atoms with E-state index in [0.717, 1.165) is 0 Å². The molecule has 0 saturated carbocycles. The molecule has 0 aromatic heterocycles. The fraction of sp³-hybridized carbons (Fsp3) is 0.188. The summed E-state index contributed by atoms with van der Waals surface area (Å²) in [4.78, 5) is 10.6. The summed E-state index contributed by atoms with van der Waals surface area (Å²) in [5.74, 6) is -1.39. The Balaban J connectivity index is 2.18. The molecule has 2 aromatic rings. The minimum Gasteiger partial charge on any atom is -0.493 e. The SMILES string of the molecule is O=C(Cl)CCOc1cccc(Oc2c(F)cc(C(F)(F)F)cc2Cl)c1. The zero-order chi connectivity index (χ0) is 18.6. The maximum atomic E-state index is 13.9. The van der Waals surface area contributed by atoms with Gasteiger partial charge in [0.05, 0.1) is 23.6 Å². The number of benzene rings is 2. The van der Waals surface area contributed by atoms with Crippen LogP contribution in [-0.4, -0.2) is 11.8 Å². The van der Waals surface area contributed by atoms with Crippen LogP contribution < -0.4 is 9.47 Å². The molecular formula is C16H10Cl2F4O3. The van der Waals surface area contributed by atoms with Gasteiger partial charge in [-0.1, -0.05) is 17.7 Å². The van der Waals surface area contributed by atoms with Gasteiger partial charge in [-0.3, -0.25) is 4.79 Å². The van der Waals surface area contributed by atoms with Gasteiger partial charge >= 0.3 is 6.18 Å². The van der Waals surface area contributed by atoms with Gasteiger partial charge in [0.1, 0.15) is 11.5 Å². The summed E-state index contributed by atoms with van der Waals surface area (Å²) >= 11 is 10.9. The quantitative estimate of drug-likeness (QED) is 0.455. The minimum atomic E-state index is -4.73. The van der Waals surface area contributed by atoms with Gasteiger partial charge in [-0.05, 0) is 35.9 Å². The van der Waals surface area contributed by atoms with Crippen LogP contribution in [0.4, 0.5) is 17.6 Å². The smallest absolute Gasteiger partial charge is 0.416 e. The van der Waals surface area contributed by atoms with Crippen molar-refractivity contribution in [3.63, 3.8) is 0 Å². The number of hydrogen-bond acceptors (Lipinski definition) is 3. The highest BCUT2D eigenvalue weighted by atomic mass is 35.5. The van der Waals surface area contributed by atoms with Gasteiger partial charge in [-0.25, -0.2) is 4.39 Å². The zero-order valence-electron chi connectivity index (χ0n) is 12.4. The first-order valence-corrected chi connectivity index (χ1v) is 7.57. The molecule has 9 heteroatoms. The van der Waals surface area contributed by atoms with Crippen LogP contribution in [0, 0.1) is 5.82 Å². The predicted molar refractivity (Wildman–Crippen MR) is 83.9 cm³/mol. The topological polar surface area (TPSA) is 35.5 Å². The van der Waals surface area contributed by atoms with E-state index in [9.17, 15) is 22.4 Å². The van der Waals surface area contributed by atoms with Crippen molar-refractivity contribution in [2.45, 2.75) is 12.6 Å². The van der Waals surface area contributed by atoms with Crippen LogP contribution in [0.2, 0.25) is 5.02 Å². The monoisotopic (exact) mass is 396 g/mol. The molecule has 0 aliphatic rings. The van der Waals surface area contributed by atoms with Crippen LogP contribution in [0.3, 0.4) is 0 Å². The lowest BCUT2D eigenvalue weighted by Crippen LogP contribution is -2.06. The Hall–Kier alpha value is -1.99. The van der Waals surface area contributed by atoms with Crippen LogP contribution in [0.1, 0.15) is 12.0 Å². The number of rotatable bonds is 6. The molecule has 2 rings (SSSR count). The number of alkyl halides is 3. The highest BCUT2D eigenvalue weighted by Gasteiger charge is 2.32. The molecular weight excluding hydrogens is 387 g/mol. The van der Waals surface area contributed by atoms with Gasteiger partial charge < -0.3 is 9.47 Å². The predicted octanol–water partition coefficient (Wildman–Crippen LogP) is 5.82. The van der Waals surface area contributed by atoms with Crippen LogP contribution in [0.15, 0.2) is 36.4 Å². The molecule has 0 amide bonds. The van der Waals surface area contributed by atoms with Crippen LogP contribution in [-0.2, 0) is 11.0 Å². The second-order valence-corrected chi connectivity index (χ2v) is 5.63. The van der Waals surface area contributed by atoms with E-state index in [1.54, 1.807) is 6.07 Å². The van der Waals surface area contributed by atoms with Crippen molar-refractivity contribution in [3.05, 3.63) is 52.8 Å². The Bertz CT molecular complexity index is 755. The van der Waals surface area contributed by atoms with Gasteiger partial charge in [-0.2, -0.15) is 13.2 Å². The summed E-state index contributed by atoms with van der Waals surface area (Å²) in [6.45, 7) is 0.0290. The summed E-state index contributed by atoms with van der Waals surface area (Å²) in [7, 11) is 0. The average molecular weight is 397 g/mol. The van der Waals surface area contributed by atoms with Crippen molar-refractivity contribution in [2.24, 2.45) is 0 Å². The van der Waals surface area contributed by atoms with E-state index in [1.165, 1.54) is 18.2 Å². The number of ether oxygens (including phenoxy) is 2. The number of carbonyl (C=O) groups excluding carboxylic acids is 1. The van der Waals surface area contributed by atoms with Crippen molar-refractivity contribution in [1.29, 1.82) is 0 Å². The van der Waals surface area contributed by atoms with Gasteiger partial charge in [0.15, 0.2) is 11.6 Å². The molecule has 134 valence electrons. The molecule has 2 aromatic carbocycles. The van der Waals surface area contributed by atoms with Crippen LogP contribution in [0.5, 0.6) is 17.2 Å². The van der Waals surface area contributed by atoms with Crippen molar-refractivity contribution in [1.82, 2.24) is 0 Å². The van der Waals surface area contributed by atoms with E-state index < -0.39 is 33.6 Å². The van der Waals surface area contributed by atoms with Crippen molar-refractivity contribution in [3.8, 4) is 17.2 Å². The van der Waals surface area contributed by atoms with E-state index in [2.05, 4.69) is 0 Å². The van der Waals surface area contributed by atoms with E-state index in [4.69, 9.17) is 32.7 Å². The normalized spacial score (nSPS) is 11.3. The third-order valence-corrected chi connectivity index (χ3v) is 3.39. The minimum absolute atomic E-state index is 0.00794. The Kier molecular flexibility index (Phi) is 6.13. The van der Waals surface area contributed by atoms with Crippen molar-refractivity contribution >= 4 is 28.4 Å². The molecule has 0 heterocycles. The van der Waals surface area contributed by atoms with Gasteiger partial charge in [0.2, 0.25) is 5.24 Å². The maximum Gasteiger partial charge on any atom is 0.416 e. The zero-order valence-corrected chi connectivity index (χ0v) is 13.9. The molecule has 0 spiro atoms.